The Balaban J connectivity index is 1.78. The van der Waals surface area contributed by atoms with Crippen LogP contribution in [0.4, 0.5) is 0 Å². The summed E-state index contributed by atoms with van der Waals surface area (Å²) < 4.78 is 0. The lowest BCUT2D eigenvalue weighted by molar-refractivity contribution is -0.128. The molecule has 2 rings (SSSR count). The second-order valence-electron chi connectivity index (χ2n) is 6.16. The van der Waals surface area contributed by atoms with Gasteiger partial charge in [0.25, 0.3) is 5.91 Å². The van der Waals surface area contributed by atoms with E-state index in [0.717, 1.165) is 19.6 Å². The van der Waals surface area contributed by atoms with E-state index in [1.165, 1.54) is 18.7 Å². The molecule has 7 heteroatoms. The fraction of sp³-hybridized carbons (Fsp3) is 0.421. The van der Waals surface area contributed by atoms with Gasteiger partial charge in [-0.25, -0.2) is 0 Å². The highest BCUT2D eigenvalue weighted by Crippen LogP contribution is 2.10. The van der Waals surface area contributed by atoms with Crippen molar-refractivity contribution in [3.8, 4) is 6.07 Å². The summed E-state index contributed by atoms with van der Waals surface area (Å²) in [4.78, 5) is 27.3. The fourth-order valence-corrected chi connectivity index (χ4v) is 2.75. The van der Waals surface area contributed by atoms with Crippen LogP contribution in [0, 0.1) is 11.3 Å². The number of hydrogen-bond donors (Lipinski definition) is 2. The van der Waals surface area contributed by atoms with Crippen LogP contribution in [-0.2, 0) is 16.1 Å². The van der Waals surface area contributed by atoms with Crippen LogP contribution in [0.1, 0.15) is 12.5 Å². The number of carbonyl (C=O) groups is 2. The third-order valence-corrected chi connectivity index (χ3v) is 4.15. The van der Waals surface area contributed by atoms with E-state index in [9.17, 15) is 14.9 Å². The molecule has 0 radical (unpaired) electrons. The number of nitriles is 1. The Morgan fingerprint density at radius 2 is 1.85 bits per heavy atom. The van der Waals surface area contributed by atoms with Gasteiger partial charge in [-0.2, -0.15) is 5.26 Å². The lowest BCUT2D eigenvalue weighted by Crippen LogP contribution is -2.48. The molecule has 2 N–H and O–H groups in total. The number of piperazine rings is 1. The molecule has 0 bridgehead atoms. The monoisotopic (exact) mass is 355 g/mol. The molecule has 1 heterocycles. The number of hydrogen-bond acceptors (Lipinski definition) is 5. The zero-order chi connectivity index (χ0) is 18.8. The van der Waals surface area contributed by atoms with E-state index >= 15 is 0 Å². The van der Waals surface area contributed by atoms with Crippen molar-refractivity contribution >= 4 is 11.8 Å². The maximum atomic E-state index is 12.5. The van der Waals surface area contributed by atoms with Gasteiger partial charge in [0, 0.05) is 58.9 Å². The molecule has 1 saturated heterocycles. The molecule has 7 nitrogen and oxygen atoms in total. The molecule has 0 atom stereocenters. The van der Waals surface area contributed by atoms with Crippen LogP contribution < -0.4 is 10.6 Å². The average molecular weight is 355 g/mol. The zero-order valence-electron chi connectivity index (χ0n) is 15.1. The van der Waals surface area contributed by atoms with Gasteiger partial charge in [-0.15, -0.1) is 0 Å². The molecule has 0 aromatic heterocycles. The number of carbonyl (C=O) groups excluding carboxylic acids is 2. The van der Waals surface area contributed by atoms with Crippen molar-refractivity contribution in [2.45, 2.75) is 13.5 Å². The molecule has 0 unspecified atom stereocenters. The predicted octanol–water partition coefficient (Wildman–Crippen LogP) is 0.464. The second kappa shape index (κ2) is 10.2. The number of benzene rings is 1. The highest BCUT2D eigenvalue weighted by Gasteiger charge is 2.23. The normalized spacial score (nSPS) is 15.2. The van der Waals surface area contributed by atoms with Crippen LogP contribution in [0.25, 0.3) is 0 Å². The van der Waals surface area contributed by atoms with E-state index < -0.39 is 0 Å². The summed E-state index contributed by atoms with van der Waals surface area (Å²) >= 11 is 0. The predicted molar refractivity (Wildman–Crippen MR) is 98.7 cm³/mol. The van der Waals surface area contributed by atoms with Crippen molar-refractivity contribution in [2.24, 2.45) is 0 Å². The minimum atomic E-state index is -0.251. The van der Waals surface area contributed by atoms with Gasteiger partial charge in [-0.1, -0.05) is 30.3 Å². The smallest absolute Gasteiger partial charge is 0.266 e. The first-order valence-corrected chi connectivity index (χ1v) is 8.74. The molecule has 1 aliphatic rings. The first-order chi connectivity index (χ1) is 12.6. The number of nitrogens with zero attached hydrogens (tertiary/aromatic N) is 3. The second-order valence-corrected chi connectivity index (χ2v) is 6.16. The lowest BCUT2D eigenvalue weighted by Gasteiger charge is -2.34. The Labute approximate surface area is 154 Å². The van der Waals surface area contributed by atoms with Crippen molar-refractivity contribution in [3.05, 3.63) is 47.7 Å². The molecule has 138 valence electrons. The summed E-state index contributed by atoms with van der Waals surface area (Å²) in [5, 5.41) is 14.8. The van der Waals surface area contributed by atoms with Crippen molar-refractivity contribution in [1.82, 2.24) is 20.4 Å². The van der Waals surface area contributed by atoms with Gasteiger partial charge in [0.2, 0.25) is 5.91 Å². The minimum absolute atomic E-state index is 0.0873. The standard InChI is InChI=1S/C19H25N5O2/c1-16(25)22-8-7-21-14-18(13-20)19(26)24-11-9-23(10-12-24)15-17-5-3-2-4-6-17/h2-6,14,21H,7-12,15H2,1H3,(H,22,25)/b18-14-. The van der Waals surface area contributed by atoms with Crippen LogP contribution in [0.2, 0.25) is 0 Å². The Kier molecular flexibility index (Phi) is 7.65. The number of amides is 2. The van der Waals surface area contributed by atoms with Crippen molar-refractivity contribution in [1.29, 1.82) is 5.26 Å². The third-order valence-electron chi connectivity index (χ3n) is 4.15. The van der Waals surface area contributed by atoms with E-state index in [4.69, 9.17) is 0 Å². The molecule has 0 spiro atoms. The fourth-order valence-electron chi connectivity index (χ4n) is 2.75. The maximum Gasteiger partial charge on any atom is 0.266 e. The minimum Gasteiger partial charge on any atom is -0.388 e. The summed E-state index contributed by atoms with van der Waals surface area (Å²) in [5.74, 6) is -0.361. The Bertz CT molecular complexity index is 673. The SMILES string of the molecule is CC(=O)NCCN/C=C(/C#N)C(=O)N1CCN(Cc2ccccc2)CC1. The topological polar surface area (TPSA) is 88.5 Å². The van der Waals surface area contributed by atoms with E-state index in [-0.39, 0.29) is 17.4 Å². The van der Waals surface area contributed by atoms with E-state index in [0.29, 0.717) is 26.2 Å². The highest BCUT2D eigenvalue weighted by atomic mass is 16.2. The van der Waals surface area contributed by atoms with Gasteiger partial charge in [0.1, 0.15) is 11.6 Å². The molecular formula is C19H25N5O2. The first kappa shape index (κ1) is 19.5. The Morgan fingerprint density at radius 1 is 1.15 bits per heavy atom. The van der Waals surface area contributed by atoms with Crippen LogP contribution in [-0.4, -0.2) is 60.9 Å². The third kappa shape index (κ3) is 6.22. The van der Waals surface area contributed by atoms with Crippen LogP contribution in [0.15, 0.2) is 42.1 Å². The van der Waals surface area contributed by atoms with Crippen molar-refractivity contribution < 1.29 is 9.59 Å². The van der Waals surface area contributed by atoms with E-state index in [1.807, 2.05) is 24.3 Å². The number of rotatable bonds is 7. The summed E-state index contributed by atoms with van der Waals surface area (Å²) in [6.45, 7) is 6.00. The molecule has 1 aliphatic heterocycles. The molecular weight excluding hydrogens is 330 g/mol. The summed E-state index contributed by atoms with van der Waals surface area (Å²) in [6.07, 6.45) is 1.43. The molecule has 26 heavy (non-hydrogen) atoms. The number of nitrogens with one attached hydrogen (secondary N) is 2. The Hall–Kier alpha value is -2.85. The molecule has 1 aromatic carbocycles. The van der Waals surface area contributed by atoms with Crippen LogP contribution in [0.5, 0.6) is 0 Å². The van der Waals surface area contributed by atoms with Gasteiger partial charge >= 0.3 is 0 Å². The lowest BCUT2D eigenvalue weighted by atomic mass is 10.2. The molecule has 2 amide bonds. The van der Waals surface area contributed by atoms with Gasteiger partial charge < -0.3 is 15.5 Å². The first-order valence-electron chi connectivity index (χ1n) is 8.74. The van der Waals surface area contributed by atoms with Crippen LogP contribution >= 0.6 is 0 Å². The highest BCUT2D eigenvalue weighted by molar-refractivity contribution is 5.97. The van der Waals surface area contributed by atoms with Gasteiger partial charge in [0.15, 0.2) is 0 Å². The van der Waals surface area contributed by atoms with Gasteiger partial charge in [-0.05, 0) is 5.56 Å². The quantitative estimate of drug-likeness (QED) is 0.422. The van der Waals surface area contributed by atoms with Crippen molar-refractivity contribution in [3.63, 3.8) is 0 Å². The summed E-state index contributed by atoms with van der Waals surface area (Å²) in [6, 6.07) is 12.2. The van der Waals surface area contributed by atoms with Gasteiger partial charge in [-0.3, -0.25) is 14.5 Å². The van der Waals surface area contributed by atoms with E-state index in [2.05, 4.69) is 27.7 Å². The largest absolute Gasteiger partial charge is 0.388 e. The van der Waals surface area contributed by atoms with Crippen LogP contribution in [0.3, 0.4) is 0 Å². The van der Waals surface area contributed by atoms with E-state index in [1.54, 1.807) is 4.90 Å². The average Bonchev–Trinajstić information content (AvgIpc) is 2.65. The van der Waals surface area contributed by atoms with Crippen molar-refractivity contribution in [2.75, 3.05) is 39.3 Å². The molecule has 0 aliphatic carbocycles. The summed E-state index contributed by atoms with van der Waals surface area (Å²) in [7, 11) is 0. The summed E-state index contributed by atoms with van der Waals surface area (Å²) in [5.41, 5.74) is 1.34. The maximum absolute atomic E-state index is 12.5. The molecule has 0 saturated carbocycles. The Morgan fingerprint density at radius 3 is 2.46 bits per heavy atom. The van der Waals surface area contributed by atoms with Gasteiger partial charge in [0.05, 0.1) is 0 Å². The molecule has 1 fully saturated rings. The zero-order valence-corrected chi connectivity index (χ0v) is 15.1. The molecule has 1 aromatic rings.